The molecule has 3 heteroatoms. The van der Waals surface area contributed by atoms with Gasteiger partial charge in [-0.15, -0.1) is 0 Å². The van der Waals surface area contributed by atoms with Gasteiger partial charge in [-0.2, -0.15) is 0 Å². The Morgan fingerprint density at radius 3 is 2.57 bits per heavy atom. The molecule has 0 aromatic heterocycles. The molecule has 116 valence electrons. The lowest BCUT2D eigenvalue weighted by Crippen LogP contribution is -2.49. The molecule has 0 radical (unpaired) electrons. The monoisotopic (exact) mass is 288 g/mol. The van der Waals surface area contributed by atoms with Crippen LogP contribution < -0.4 is 5.73 Å². The van der Waals surface area contributed by atoms with Crippen LogP contribution in [0.1, 0.15) is 51.0 Å². The zero-order valence-corrected chi connectivity index (χ0v) is 13.3. The first kappa shape index (κ1) is 16.0. The Hall–Kier alpha value is -1.35. The SMILES string of the molecule is CCN(C(=O)C(C)c1ccccc1)C1CCCCC1CN. The van der Waals surface area contributed by atoms with Gasteiger partial charge < -0.3 is 10.6 Å². The third kappa shape index (κ3) is 3.65. The van der Waals surface area contributed by atoms with Crippen LogP contribution in [0.2, 0.25) is 0 Å². The van der Waals surface area contributed by atoms with Crippen molar-refractivity contribution in [2.45, 2.75) is 51.5 Å². The summed E-state index contributed by atoms with van der Waals surface area (Å²) in [6.07, 6.45) is 4.72. The van der Waals surface area contributed by atoms with Crippen LogP contribution in [0.25, 0.3) is 0 Å². The highest BCUT2D eigenvalue weighted by atomic mass is 16.2. The molecule has 21 heavy (non-hydrogen) atoms. The molecule has 3 atom stereocenters. The zero-order valence-electron chi connectivity index (χ0n) is 13.3. The first-order chi connectivity index (χ1) is 10.2. The lowest BCUT2D eigenvalue weighted by Gasteiger charge is -2.40. The summed E-state index contributed by atoms with van der Waals surface area (Å²) < 4.78 is 0. The number of carbonyl (C=O) groups is 1. The van der Waals surface area contributed by atoms with Gasteiger partial charge in [-0.05, 0) is 44.7 Å². The predicted octanol–water partition coefficient (Wildman–Crippen LogP) is 3.16. The third-order valence-electron chi connectivity index (χ3n) is 4.87. The first-order valence-electron chi connectivity index (χ1n) is 8.24. The maximum absolute atomic E-state index is 12.9. The van der Waals surface area contributed by atoms with Crippen molar-refractivity contribution in [1.82, 2.24) is 4.90 Å². The number of hydrogen-bond donors (Lipinski definition) is 1. The van der Waals surface area contributed by atoms with E-state index >= 15 is 0 Å². The van der Waals surface area contributed by atoms with Crippen LogP contribution in [0, 0.1) is 5.92 Å². The van der Waals surface area contributed by atoms with Crippen molar-refractivity contribution in [1.29, 1.82) is 0 Å². The van der Waals surface area contributed by atoms with E-state index < -0.39 is 0 Å². The molecule has 1 fully saturated rings. The van der Waals surface area contributed by atoms with Gasteiger partial charge in [0.05, 0.1) is 5.92 Å². The van der Waals surface area contributed by atoms with Gasteiger partial charge in [0.2, 0.25) is 5.91 Å². The maximum Gasteiger partial charge on any atom is 0.230 e. The van der Waals surface area contributed by atoms with Gasteiger partial charge in [-0.1, -0.05) is 43.2 Å². The van der Waals surface area contributed by atoms with Crippen LogP contribution in [-0.4, -0.2) is 29.9 Å². The van der Waals surface area contributed by atoms with Crippen LogP contribution in [-0.2, 0) is 4.79 Å². The van der Waals surface area contributed by atoms with E-state index in [2.05, 4.69) is 11.8 Å². The average Bonchev–Trinajstić information content (AvgIpc) is 2.56. The fourth-order valence-electron chi connectivity index (χ4n) is 3.56. The normalized spacial score (nSPS) is 23.6. The molecule has 0 bridgehead atoms. The van der Waals surface area contributed by atoms with Crippen molar-refractivity contribution in [2.75, 3.05) is 13.1 Å². The molecular weight excluding hydrogens is 260 g/mol. The van der Waals surface area contributed by atoms with E-state index in [1.54, 1.807) is 0 Å². The second-order valence-corrected chi connectivity index (χ2v) is 6.10. The highest BCUT2D eigenvalue weighted by Gasteiger charge is 2.33. The van der Waals surface area contributed by atoms with E-state index in [4.69, 9.17) is 5.73 Å². The van der Waals surface area contributed by atoms with Crippen molar-refractivity contribution in [3.8, 4) is 0 Å². The second-order valence-electron chi connectivity index (χ2n) is 6.10. The molecule has 0 heterocycles. The summed E-state index contributed by atoms with van der Waals surface area (Å²) in [5.41, 5.74) is 7.03. The molecule has 0 saturated heterocycles. The molecule has 2 rings (SSSR count). The average molecular weight is 288 g/mol. The van der Waals surface area contributed by atoms with Crippen molar-refractivity contribution in [2.24, 2.45) is 11.7 Å². The minimum Gasteiger partial charge on any atom is -0.339 e. The minimum absolute atomic E-state index is 0.0773. The molecule has 3 unspecified atom stereocenters. The van der Waals surface area contributed by atoms with Crippen molar-refractivity contribution >= 4 is 5.91 Å². The second kappa shape index (κ2) is 7.60. The molecule has 1 aromatic carbocycles. The van der Waals surface area contributed by atoms with Crippen LogP contribution in [0.15, 0.2) is 30.3 Å². The smallest absolute Gasteiger partial charge is 0.230 e. The molecule has 3 nitrogen and oxygen atoms in total. The molecule has 1 aromatic rings. The van der Waals surface area contributed by atoms with Crippen LogP contribution in [0.3, 0.4) is 0 Å². The molecule has 1 saturated carbocycles. The highest BCUT2D eigenvalue weighted by Crippen LogP contribution is 2.30. The minimum atomic E-state index is -0.0773. The van der Waals surface area contributed by atoms with Crippen molar-refractivity contribution in [3.05, 3.63) is 35.9 Å². The fourth-order valence-corrected chi connectivity index (χ4v) is 3.56. The summed E-state index contributed by atoms with van der Waals surface area (Å²) in [6, 6.07) is 10.4. The number of rotatable bonds is 5. The Morgan fingerprint density at radius 2 is 1.95 bits per heavy atom. The molecular formula is C18H28N2O. The number of nitrogens with two attached hydrogens (primary N) is 1. The fraction of sp³-hybridized carbons (Fsp3) is 0.611. The van der Waals surface area contributed by atoms with Gasteiger partial charge in [0.1, 0.15) is 0 Å². The van der Waals surface area contributed by atoms with E-state index in [1.165, 1.54) is 12.8 Å². The Bertz CT molecular complexity index is 446. The van der Waals surface area contributed by atoms with E-state index in [0.717, 1.165) is 24.9 Å². The standard InChI is InChI=1S/C18H28N2O/c1-3-20(17-12-8-7-11-16(17)13-19)18(21)14(2)15-9-5-4-6-10-15/h4-6,9-10,14,16-17H,3,7-8,11-13,19H2,1-2H3. The summed E-state index contributed by atoms with van der Waals surface area (Å²) in [6.45, 7) is 5.56. The number of nitrogens with zero attached hydrogens (tertiary/aromatic N) is 1. The van der Waals surface area contributed by atoms with Gasteiger partial charge in [-0.25, -0.2) is 0 Å². The summed E-state index contributed by atoms with van der Waals surface area (Å²) >= 11 is 0. The lowest BCUT2D eigenvalue weighted by atomic mass is 9.83. The zero-order chi connectivity index (χ0) is 15.2. The number of benzene rings is 1. The first-order valence-corrected chi connectivity index (χ1v) is 8.24. The van der Waals surface area contributed by atoms with E-state index in [1.807, 2.05) is 37.3 Å². The predicted molar refractivity (Wildman–Crippen MR) is 87.0 cm³/mol. The van der Waals surface area contributed by atoms with E-state index in [0.29, 0.717) is 18.5 Å². The van der Waals surface area contributed by atoms with E-state index in [-0.39, 0.29) is 11.8 Å². The molecule has 1 aliphatic rings. The van der Waals surface area contributed by atoms with Gasteiger partial charge in [0, 0.05) is 12.6 Å². The Kier molecular flexibility index (Phi) is 5.80. The highest BCUT2D eigenvalue weighted by molar-refractivity contribution is 5.83. The summed E-state index contributed by atoms with van der Waals surface area (Å²) in [4.78, 5) is 15.0. The van der Waals surface area contributed by atoms with Crippen LogP contribution >= 0.6 is 0 Å². The van der Waals surface area contributed by atoms with Gasteiger partial charge in [-0.3, -0.25) is 4.79 Å². The molecule has 1 aliphatic carbocycles. The Morgan fingerprint density at radius 1 is 1.29 bits per heavy atom. The van der Waals surface area contributed by atoms with Crippen molar-refractivity contribution < 1.29 is 4.79 Å². The van der Waals surface area contributed by atoms with Crippen LogP contribution in [0.4, 0.5) is 0 Å². The summed E-state index contributed by atoms with van der Waals surface area (Å²) in [5, 5.41) is 0. The van der Waals surface area contributed by atoms with E-state index in [9.17, 15) is 4.79 Å². The van der Waals surface area contributed by atoms with Gasteiger partial charge in [0.25, 0.3) is 0 Å². The molecule has 0 aliphatic heterocycles. The van der Waals surface area contributed by atoms with Crippen molar-refractivity contribution in [3.63, 3.8) is 0 Å². The number of amides is 1. The number of carbonyl (C=O) groups excluding carboxylic acids is 1. The Labute approximate surface area is 128 Å². The molecule has 1 amide bonds. The lowest BCUT2D eigenvalue weighted by molar-refractivity contribution is -0.136. The third-order valence-corrected chi connectivity index (χ3v) is 4.87. The molecule has 0 spiro atoms. The van der Waals surface area contributed by atoms with Gasteiger partial charge in [0.15, 0.2) is 0 Å². The quantitative estimate of drug-likeness (QED) is 0.904. The summed E-state index contributed by atoms with van der Waals surface area (Å²) in [5.74, 6) is 0.631. The summed E-state index contributed by atoms with van der Waals surface area (Å²) in [7, 11) is 0. The molecule has 2 N–H and O–H groups in total. The topological polar surface area (TPSA) is 46.3 Å². The number of likely N-dealkylation sites (N-methyl/N-ethyl adjacent to an activating group) is 1. The Balaban J connectivity index is 2.14. The number of hydrogen-bond acceptors (Lipinski definition) is 2. The van der Waals surface area contributed by atoms with Gasteiger partial charge >= 0.3 is 0 Å². The van der Waals surface area contributed by atoms with Crippen LogP contribution in [0.5, 0.6) is 0 Å². The largest absolute Gasteiger partial charge is 0.339 e. The maximum atomic E-state index is 12.9.